The Hall–Kier alpha value is -4.40. The van der Waals surface area contributed by atoms with E-state index in [1.807, 2.05) is 42.5 Å². The number of carbonyl (C=O) groups is 2. The van der Waals surface area contributed by atoms with Crippen molar-refractivity contribution in [1.82, 2.24) is 20.3 Å². The average Bonchev–Trinajstić information content (AvgIpc) is 3.62. The van der Waals surface area contributed by atoms with Gasteiger partial charge in [0.15, 0.2) is 0 Å². The van der Waals surface area contributed by atoms with E-state index in [1.54, 1.807) is 49.2 Å². The topological polar surface area (TPSA) is 98.6 Å². The minimum Gasteiger partial charge on any atom is -0.497 e. The number of hydrogen-bond acceptors (Lipinski definition) is 6. The summed E-state index contributed by atoms with van der Waals surface area (Å²) in [4.78, 5) is 29.6. The molecular formula is C29H31N5O4. The predicted molar refractivity (Wildman–Crippen MR) is 144 cm³/mol. The SMILES string of the molecule is COc1ccc(N(C(=O)Cn2nnc3ccccc32)C(C(=O)NC2CCCC2)c2cccc(OC)c2)cc1. The fourth-order valence-corrected chi connectivity index (χ4v) is 5.00. The normalized spacial score (nSPS) is 14.3. The van der Waals surface area contributed by atoms with Crippen molar-refractivity contribution in [3.8, 4) is 11.5 Å². The number of aromatic nitrogens is 3. The largest absolute Gasteiger partial charge is 0.497 e. The molecule has 0 saturated heterocycles. The zero-order valence-corrected chi connectivity index (χ0v) is 21.5. The van der Waals surface area contributed by atoms with Crippen molar-refractivity contribution < 1.29 is 19.1 Å². The van der Waals surface area contributed by atoms with Crippen LogP contribution in [0, 0.1) is 0 Å². The van der Waals surface area contributed by atoms with E-state index < -0.39 is 6.04 Å². The van der Waals surface area contributed by atoms with Crippen LogP contribution >= 0.6 is 0 Å². The van der Waals surface area contributed by atoms with E-state index in [-0.39, 0.29) is 24.4 Å². The number of nitrogens with zero attached hydrogens (tertiary/aromatic N) is 4. The van der Waals surface area contributed by atoms with Crippen LogP contribution in [-0.2, 0) is 16.1 Å². The molecule has 9 nitrogen and oxygen atoms in total. The Labute approximate surface area is 221 Å². The van der Waals surface area contributed by atoms with Gasteiger partial charge in [-0.15, -0.1) is 5.10 Å². The second-order valence-electron chi connectivity index (χ2n) is 9.37. The Kier molecular flexibility index (Phi) is 7.53. The van der Waals surface area contributed by atoms with E-state index in [0.717, 1.165) is 31.2 Å². The lowest BCUT2D eigenvalue weighted by atomic mass is 10.0. The molecule has 1 heterocycles. The number of carbonyl (C=O) groups excluding carboxylic acids is 2. The van der Waals surface area contributed by atoms with Crippen LogP contribution in [0.5, 0.6) is 11.5 Å². The average molecular weight is 514 g/mol. The third-order valence-electron chi connectivity index (χ3n) is 6.94. The van der Waals surface area contributed by atoms with E-state index in [2.05, 4.69) is 15.6 Å². The lowest BCUT2D eigenvalue weighted by Gasteiger charge is -2.32. The number of amides is 2. The molecule has 1 aliphatic rings. The van der Waals surface area contributed by atoms with Gasteiger partial charge in [-0.05, 0) is 66.9 Å². The molecule has 4 aromatic rings. The molecule has 1 fully saturated rings. The van der Waals surface area contributed by atoms with Crippen LogP contribution in [0.15, 0.2) is 72.8 Å². The zero-order valence-electron chi connectivity index (χ0n) is 21.5. The molecule has 5 rings (SSSR count). The van der Waals surface area contributed by atoms with Gasteiger partial charge < -0.3 is 14.8 Å². The number of rotatable bonds is 9. The van der Waals surface area contributed by atoms with E-state index in [1.165, 1.54) is 4.90 Å². The highest BCUT2D eigenvalue weighted by Gasteiger charge is 2.35. The first-order valence-electron chi connectivity index (χ1n) is 12.8. The first-order valence-corrected chi connectivity index (χ1v) is 12.8. The van der Waals surface area contributed by atoms with Crippen molar-refractivity contribution >= 4 is 28.5 Å². The van der Waals surface area contributed by atoms with Gasteiger partial charge >= 0.3 is 0 Å². The highest BCUT2D eigenvalue weighted by atomic mass is 16.5. The molecule has 1 aromatic heterocycles. The maximum absolute atomic E-state index is 14.1. The van der Waals surface area contributed by atoms with Crippen molar-refractivity contribution in [2.45, 2.75) is 44.3 Å². The summed E-state index contributed by atoms with van der Waals surface area (Å²) in [5.74, 6) is 0.709. The van der Waals surface area contributed by atoms with Gasteiger partial charge in [0.2, 0.25) is 11.8 Å². The van der Waals surface area contributed by atoms with Gasteiger partial charge in [-0.3, -0.25) is 14.5 Å². The highest BCUT2D eigenvalue weighted by Crippen LogP contribution is 2.32. The van der Waals surface area contributed by atoms with E-state index >= 15 is 0 Å². The Morgan fingerprint density at radius 1 is 0.974 bits per heavy atom. The number of nitrogens with one attached hydrogen (secondary N) is 1. The Morgan fingerprint density at radius 3 is 2.45 bits per heavy atom. The molecule has 1 N–H and O–H groups in total. The second kappa shape index (κ2) is 11.3. The van der Waals surface area contributed by atoms with Gasteiger partial charge in [0.1, 0.15) is 29.6 Å². The number of methoxy groups -OCH3 is 2. The van der Waals surface area contributed by atoms with Crippen LogP contribution in [-0.4, -0.2) is 47.1 Å². The van der Waals surface area contributed by atoms with Crippen molar-refractivity contribution in [2.75, 3.05) is 19.1 Å². The number of anilines is 1. The quantitative estimate of drug-likeness (QED) is 0.359. The van der Waals surface area contributed by atoms with Crippen molar-refractivity contribution in [1.29, 1.82) is 0 Å². The molecule has 38 heavy (non-hydrogen) atoms. The van der Waals surface area contributed by atoms with Gasteiger partial charge in [-0.1, -0.05) is 42.3 Å². The standard InChI is InChI=1S/C29H31N5O4/c1-37-23-16-14-22(15-17-23)34(27(35)19-33-26-13-6-5-12-25(26)31-32-33)28(20-8-7-11-24(18-20)38-2)29(36)30-21-9-3-4-10-21/h5-8,11-18,21,28H,3-4,9-10,19H2,1-2H3,(H,30,36). The van der Waals surface area contributed by atoms with Gasteiger partial charge in [0.05, 0.1) is 19.7 Å². The lowest BCUT2D eigenvalue weighted by Crippen LogP contribution is -2.47. The van der Waals surface area contributed by atoms with Gasteiger partial charge in [-0.25, -0.2) is 4.68 Å². The van der Waals surface area contributed by atoms with Crippen molar-refractivity contribution in [3.05, 3.63) is 78.4 Å². The molecule has 0 aliphatic heterocycles. The molecule has 9 heteroatoms. The number of benzene rings is 3. The molecule has 196 valence electrons. The molecule has 1 unspecified atom stereocenters. The summed E-state index contributed by atoms with van der Waals surface area (Å²) >= 11 is 0. The summed E-state index contributed by atoms with van der Waals surface area (Å²) in [7, 11) is 3.16. The van der Waals surface area contributed by atoms with Crippen LogP contribution in [0.2, 0.25) is 0 Å². The molecule has 1 aliphatic carbocycles. The summed E-state index contributed by atoms with van der Waals surface area (Å²) in [6.45, 7) is -0.0935. The number of fused-ring (bicyclic) bond motifs is 1. The van der Waals surface area contributed by atoms with E-state index in [4.69, 9.17) is 9.47 Å². The van der Waals surface area contributed by atoms with Crippen LogP contribution in [0.25, 0.3) is 11.0 Å². The molecule has 2 amide bonds. The number of ether oxygens (including phenoxy) is 2. The van der Waals surface area contributed by atoms with Crippen molar-refractivity contribution in [3.63, 3.8) is 0 Å². The van der Waals surface area contributed by atoms with Crippen LogP contribution < -0.4 is 19.7 Å². The summed E-state index contributed by atoms with van der Waals surface area (Å²) < 4.78 is 12.3. The highest BCUT2D eigenvalue weighted by molar-refractivity contribution is 6.01. The van der Waals surface area contributed by atoms with E-state index in [9.17, 15) is 9.59 Å². The molecule has 0 bridgehead atoms. The third kappa shape index (κ3) is 5.32. The van der Waals surface area contributed by atoms with Gasteiger partial charge in [0.25, 0.3) is 0 Å². The number of para-hydroxylation sites is 1. The van der Waals surface area contributed by atoms with E-state index in [0.29, 0.717) is 28.3 Å². The van der Waals surface area contributed by atoms with Gasteiger partial charge in [0, 0.05) is 11.7 Å². The van der Waals surface area contributed by atoms with Crippen LogP contribution in [0.4, 0.5) is 5.69 Å². The molecule has 0 radical (unpaired) electrons. The monoisotopic (exact) mass is 513 g/mol. The molecule has 1 atom stereocenters. The molecular weight excluding hydrogens is 482 g/mol. The maximum Gasteiger partial charge on any atom is 0.249 e. The smallest absolute Gasteiger partial charge is 0.249 e. The van der Waals surface area contributed by atoms with Gasteiger partial charge in [-0.2, -0.15) is 0 Å². The van der Waals surface area contributed by atoms with Crippen molar-refractivity contribution in [2.24, 2.45) is 0 Å². The molecule has 3 aromatic carbocycles. The Bertz CT molecular complexity index is 1410. The second-order valence-corrected chi connectivity index (χ2v) is 9.37. The van der Waals surface area contributed by atoms with Crippen LogP contribution in [0.3, 0.4) is 0 Å². The zero-order chi connectivity index (χ0) is 26.5. The fourth-order valence-electron chi connectivity index (χ4n) is 5.00. The maximum atomic E-state index is 14.1. The lowest BCUT2D eigenvalue weighted by molar-refractivity contribution is -0.127. The minimum absolute atomic E-state index is 0.0858. The minimum atomic E-state index is -0.929. The predicted octanol–water partition coefficient (Wildman–Crippen LogP) is 4.28. The molecule has 1 saturated carbocycles. The summed E-state index contributed by atoms with van der Waals surface area (Å²) in [5.41, 5.74) is 2.64. The van der Waals surface area contributed by atoms with Crippen LogP contribution in [0.1, 0.15) is 37.3 Å². The summed E-state index contributed by atoms with van der Waals surface area (Å²) in [6.07, 6.45) is 4.01. The summed E-state index contributed by atoms with van der Waals surface area (Å²) in [5, 5.41) is 11.6. The molecule has 0 spiro atoms. The first kappa shape index (κ1) is 25.3. The number of hydrogen-bond donors (Lipinski definition) is 1. The first-order chi connectivity index (χ1) is 18.6. The fraction of sp³-hybridized carbons (Fsp3) is 0.310. The Balaban J connectivity index is 1.58. The Morgan fingerprint density at radius 2 is 1.71 bits per heavy atom. The third-order valence-corrected chi connectivity index (χ3v) is 6.94. The summed E-state index contributed by atoms with van der Waals surface area (Å²) in [6, 6.07) is 21.0.